The summed E-state index contributed by atoms with van der Waals surface area (Å²) in [7, 11) is 2.90. The quantitative estimate of drug-likeness (QED) is 0.504. The summed E-state index contributed by atoms with van der Waals surface area (Å²) in [6.45, 7) is 3.73. The summed E-state index contributed by atoms with van der Waals surface area (Å²) in [6.07, 6.45) is 0.442. The van der Waals surface area contributed by atoms with Crippen molar-refractivity contribution in [2.75, 3.05) is 14.2 Å². The molecule has 0 heterocycles. The van der Waals surface area contributed by atoms with Crippen molar-refractivity contribution in [3.8, 4) is 0 Å². The Morgan fingerprint density at radius 1 is 1.50 bits per heavy atom. The minimum atomic E-state index is -0.634. The molecule has 0 aliphatic heterocycles. The predicted molar refractivity (Wildman–Crippen MR) is 47.4 cm³/mol. The lowest BCUT2D eigenvalue weighted by molar-refractivity contribution is -0.141. The average molecular weight is 195 g/mol. The van der Waals surface area contributed by atoms with Crippen molar-refractivity contribution in [2.24, 2.45) is 0 Å². The molecular weight excluding hydrogens is 180 g/mol. The molecule has 12 heavy (non-hydrogen) atoms. The molecule has 4 heteroatoms. The molecule has 0 aliphatic carbocycles. The Morgan fingerprint density at radius 3 is 2.33 bits per heavy atom. The molecule has 0 fully saturated rings. The minimum absolute atomic E-state index is 0.388. The van der Waals surface area contributed by atoms with E-state index in [1.165, 1.54) is 7.11 Å². The minimum Gasteiger partial charge on any atom is -0.468 e. The van der Waals surface area contributed by atoms with Gasteiger partial charge in [-0.15, -0.1) is 11.6 Å². The summed E-state index contributed by atoms with van der Waals surface area (Å²) in [4.78, 5) is 10.9. The molecule has 0 rings (SSSR count). The third-order valence-corrected chi connectivity index (χ3v) is 2.01. The van der Waals surface area contributed by atoms with E-state index in [4.69, 9.17) is 16.3 Å². The molecule has 1 unspecified atom stereocenters. The molecule has 0 saturated carbocycles. The van der Waals surface area contributed by atoms with Gasteiger partial charge in [0.15, 0.2) is 0 Å². The van der Waals surface area contributed by atoms with Gasteiger partial charge in [-0.1, -0.05) is 0 Å². The molecule has 0 N–H and O–H groups in total. The van der Waals surface area contributed by atoms with Gasteiger partial charge in [0.05, 0.1) is 12.7 Å². The zero-order chi connectivity index (χ0) is 9.78. The maximum Gasteiger partial charge on any atom is 0.323 e. The van der Waals surface area contributed by atoms with Gasteiger partial charge < -0.3 is 9.47 Å². The third kappa shape index (κ3) is 3.93. The first-order valence-corrected chi connectivity index (χ1v) is 4.13. The fourth-order valence-electron chi connectivity index (χ4n) is 0.726. The van der Waals surface area contributed by atoms with Crippen LogP contribution in [-0.4, -0.2) is 31.2 Å². The second-order valence-corrected chi connectivity index (χ2v) is 3.69. The second-order valence-electron chi connectivity index (χ2n) is 3.16. The van der Waals surface area contributed by atoms with Crippen molar-refractivity contribution >= 4 is 17.6 Å². The van der Waals surface area contributed by atoms with Crippen LogP contribution in [0.4, 0.5) is 0 Å². The van der Waals surface area contributed by atoms with E-state index in [-0.39, 0.29) is 5.60 Å². The highest BCUT2D eigenvalue weighted by molar-refractivity contribution is 6.29. The zero-order valence-corrected chi connectivity index (χ0v) is 8.64. The Bertz CT molecular complexity index is 156. The molecular formula is C8H15ClO3. The summed E-state index contributed by atoms with van der Waals surface area (Å²) in [6, 6.07) is 0. The van der Waals surface area contributed by atoms with Crippen LogP contribution in [-0.2, 0) is 14.3 Å². The van der Waals surface area contributed by atoms with E-state index < -0.39 is 11.3 Å². The fraction of sp³-hybridized carbons (Fsp3) is 0.875. The van der Waals surface area contributed by atoms with Gasteiger partial charge in [0.2, 0.25) is 0 Å². The molecule has 72 valence electrons. The van der Waals surface area contributed by atoms with E-state index in [9.17, 15) is 4.79 Å². The number of hydrogen-bond donors (Lipinski definition) is 0. The van der Waals surface area contributed by atoms with Gasteiger partial charge in [-0.05, 0) is 13.8 Å². The molecule has 0 aliphatic rings. The number of carbonyl (C=O) groups excluding carboxylic acids is 1. The van der Waals surface area contributed by atoms with E-state index in [1.807, 2.05) is 13.8 Å². The molecule has 0 amide bonds. The number of carbonyl (C=O) groups is 1. The first-order valence-electron chi connectivity index (χ1n) is 3.70. The van der Waals surface area contributed by atoms with Crippen LogP contribution in [0.5, 0.6) is 0 Å². The van der Waals surface area contributed by atoms with Crippen molar-refractivity contribution in [3.63, 3.8) is 0 Å². The van der Waals surface area contributed by atoms with Crippen molar-refractivity contribution in [1.82, 2.24) is 0 Å². The van der Waals surface area contributed by atoms with Gasteiger partial charge in [-0.2, -0.15) is 0 Å². The normalized spacial score (nSPS) is 14.1. The zero-order valence-electron chi connectivity index (χ0n) is 7.89. The standard InChI is InChI=1S/C8H15ClO3/c1-8(2,12-4)5-6(9)7(10)11-3/h6H,5H2,1-4H3. The van der Waals surface area contributed by atoms with Crippen molar-refractivity contribution < 1.29 is 14.3 Å². The Balaban J connectivity index is 3.99. The summed E-state index contributed by atoms with van der Waals surface area (Å²) in [5, 5.41) is -0.634. The smallest absolute Gasteiger partial charge is 0.323 e. The first kappa shape index (κ1) is 11.7. The lowest BCUT2D eigenvalue weighted by atomic mass is 10.0. The number of alkyl halides is 1. The number of ether oxygens (including phenoxy) is 2. The van der Waals surface area contributed by atoms with E-state index in [1.54, 1.807) is 7.11 Å². The molecule has 0 radical (unpaired) electrons. The second kappa shape index (κ2) is 4.67. The van der Waals surface area contributed by atoms with Gasteiger partial charge in [-0.3, -0.25) is 4.79 Å². The van der Waals surface area contributed by atoms with Crippen LogP contribution in [0.1, 0.15) is 20.3 Å². The lowest BCUT2D eigenvalue weighted by Crippen LogP contribution is -2.30. The van der Waals surface area contributed by atoms with Crippen LogP contribution in [0, 0.1) is 0 Å². The van der Waals surface area contributed by atoms with Crippen LogP contribution in [0.2, 0.25) is 0 Å². The van der Waals surface area contributed by atoms with Gasteiger partial charge >= 0.3 is 5.97 Å². The molecule has 3 nitrogen and oxygen atoms in total. The van der Waals surface area contributed by atoms with Crippen LogP contribution in [0.25, 0.3) is 0 Å². The predicted octanol–water partition coefficient (Wildman–Crippen LogP) is 1.58. The highest BCUT2D eigenvalue weighted by atomic mass is 35.5. The Kier molecular flexibility index (Phi) is 4.57. The van der Waals surface area contributed by atoms with E-state index >= 15 is 0 Å². The summed E-state index contributed by atoms with van der Waals surface area (Å²) < 4.78 is 9.59. The molecule has 0 spiro atoms. The highest BCUT2D eigenvalue weighted by Gasteiger charge is 2.26. The third-order valence-electron chi connectivity index (χ3n) is 1.68. The molecule has 0 bridgehead atoms. The molecule has 0 saturated heterocycles. The van der Waals surface area contributed by atoms with Crippen LogP contribution in [0.3, 0.4) is 0 Å². The number of rotatable bonds is 4. The lowest BCUT2D eigenvalue weighted by Gasteiger charge is -2.24. The largest absolute Gasteiger partial charge is 0.468 e. The first-order chi connectivity index (χ1) is 5.43. The number of methoxy groups -OCH3 is 2. The Hall–Kier alpha value is -0.280. The fourth-order valence-corrected chi connectivity index (χ4v) is 1.19. The maximum atomic E-state index is 10.9. The number of hydrogen-bond acceptors (Lipinski definition) is 3. The van der Waals surface area contributed by atoms with Crippen molar-refractivity contribution in [3.05, 3.63) is 0 Å². The van der Waals surface area contributed by atoms with E-state index in [0.29, 0.717) is 6.42 Å². The Morgan fingerprint density at radius 2 is 2.00 bits per heavy atom. The van der Waals surface area contributed by atoms with Crippen molar-refractivity contribution in [1.29, 1.82) is 0 Å². The van der Waals surface area contributed by atoms with Gasteiger partial charge in [0.1, 0.15) is 5.38 Å². The molecule has 1 atom stereocenters. The molecule has 0 aromatic rings. The van der Waals surface area contributed by atoms with Gasteiger partial charge in [0.25, 0.3) is 0 Å². The Labute approximate surface area is 78.0 Å². The number of halogens is 1. The van der Waals surface area contributed by atoms with Crippen LogP contribution >= 0.6 is 11.6 Å². The van der Waals surface area contributed by atoms with Gasteiger partial charge in [-0.25, -0.2) is 0 Å². The van der Waals surface area contributed by atoms with Crippen LogP contribution in [0.15, 0.2) is 0 Å². The topological polar surface area (TPSA) is 35.5 Å². The summed E-state index contributed by atoms with van der Waals surface area (Å²) >= 11 is 5.74. The van der Waals surface area contributed by atoms with E-state index in [2.05, 4.69) is 4.74 Å². The summed E-state index contributed by atoms with van der Waals surface area (Å²) in [5.41, 5.74) is -0.388. The average Bonchev–Trinajstić information content (AvgIpc) is 2.02. The van der Waals surface area contributed by atoms with E-state index in [0.717, 1.165) is 0 Å². The SMILES string of the molecule is COC(=O)C(Cl)CC(C)(C)OC. The molecule has 0 aromatic heterocycles. The van der Waals surface area contributed by atoms with Crippen molar-refractivity contribution in [2.45, 2.75) is 31.2 Å². The monoisotopic (exact) mass is 194 g/mol. The van der Waals surface area contributed by atoms with Gasteiger partial charge in [0, 0.05) is 13.5 Å². The van der Waals surface area contributed by atoms with Crippen LogP contribution < -0.4 is 0 Å². The molecule has 0 aromatic carbocycles. The summed E-state index contributed by atoms with van der Waals surface area (Å²) in [5.74, 6) is -0.415. The number of esters is 1. The highest BCUT2D eigenvalue weighted by Crippen LogP contribution is 2.19. The maximum absolute atomic E-state index is 10.9.